The smallest absolute Gasteiger partial charge is 0.256 e. The zero-order valence-electron chi connectivity index (χ0n) is 10.8. The zero-order valence-corrected chi connectivity index (χ0v) is 11.7. The van der Waals surface area contributed by atoms with Gasteiger partial charge in [-0.1, -0.05) is 6.07 Å². The Morgan fingerprint density at radius 1 is 1.16 bits per heavy atom. The van der Waals surface area contributed by atoms with Gasteiger partial charge in [0.2, 0.25) is 5.91 Å². The molecule has 19 heavy (non-hydrogen) atoms. The molecule has 0 spiro atoms. The lowest BCUT2D eigenvalue weighted by atomic mass is 10.1. The van der Waals surface area contributed by atoms with Gasteiger partial charge in [-0.25, -0.2) is 0 Å². The van der Waals surface area contributed by atoms with E-state index in [0.717, 1.165) is 16.8 Å². The molecule has 0 N–H and O–H groups in total. The molecule has 0 saturated carbocycles. The van der Waals surface area contributed by atoms with E-state index in [1.54, 1.807) is 0 Å². The second kappa shape index (κ2) is 4.13. The van der Waals surface area contributed by atoms with Gasteiger partial charge in [-0.15, -0.1) is 0 Å². The van der Waals surface area contributed by atoms with Gasteiger partial charge in [-0.05, 0) is 55.7 Å². The first-order valence-corrected chi connectivity index (χ1v) is 6.68. The molecule has 0 radical (unpaired) electrons. The molecule has 2 aliphatic heterocycles. The molecule has 0 aliphatic carbocycles. The fourth-order valence-electron chi connectivity index (χ4n) is 2.83. The predicted octanol–water partition coefficient (Wildman–Crippen LogP) is 1.93. The van der Waals surface area contributed by atoms with Gasteiger partial charge >= 0.3 is 0 Å². The molecule has 1 aromatic carbocycles. The van der Waals surface area contributed by atoms with E-state index >= 15 is 0 Å². The third-order valence-corrected chi connectivity index (χ3v) is 3.96. The first-order chi connectivity index (χ1) is 8.99. The van der Waals surface area contributed by atoms with Crippen LogP contribution in [-0.4, -0.2) is 27.9 Å². The zero-order chi connectivity index (χ0) is 13.7. The SMILES string of the molecule is Cc1cc(C)cc(N2C(=O)[C@@H]3CCC(=O)N3C2=S)c1. The van der Waals surface area contributed by atoms with Crippen molar-refractivity contribution in [2.75, 3.05) is 4.90 Å². The molecule has 1 aromatic rings. The number of nitrogens with zero attached hydrogens (tertiary/aromatic N) is 2. The number of fused-ring (bicyclic) bond motifs is 1. The Labute approximate surface area is 117 Å². The topological polar surface area (TPSA) is 40.6 Å². The number of rotatable bonds is 1. The predicted molar refractivity (Wildman–Crippen MR) is 75.9 cm³/mol. The van der Waals surface area contributed by atoms with Crippen LogP contribution in [0.15, 0.2) is 18.2 Å². The Morgan fingerprint density at radius 2 is 1.79 bits per heavy atom. The van der Waals surface area contributed by atoms with Crippen molar-refractivity contribution in [3.8, 4) is 0 Å². The largest absolute Gasteiger partial charge is 0.276 e. The van der Waals surface area contributed by atoms with E-state index in [1.165, 1.54) is 9.80 Å². The van der Waals surface area contributed by atoms with Crippen LogP contribution in [0.4, 0.5) is 5.69 Å². The molecular weight excluding hydrogens is 260 g/mol. The number of amides is 2. The molecular formula is C14H14N2O2S. The van der Waals surface area contributed by atoms with Crippen molar-refractivity contribution in [2.24, 2.45) is 0 Å². The van der Waals surface area contributed by atoms with Crippen molar-refractivity contribution in [2.45, 2.75) is 32.7 Å². The summed E-state index contributed by atoms with van der Waals surface area (Å²) in [7, 11) is 0. The summed E-state index contributed by atoms with van der Waals surface area (Å²) in [5, 5.41) is 0.322. The summed E-state index contributed by atoms with van der Waals surface area (Å²) in [5.74, 6) is -0.129. The first kappa shape index (κ1) is 12.3. The molecule has 3 rings (SSSR count). The van der Waals surface area contributed by atoms with Crippen LogP contribution in [0.5, 0.6) is 0 Å². The fourth-order valence-corrected chi connectivity index (χ4v) is 3.25. The second-order valence-corrected chi connectivity index (χ2v) is 5.49. The number of hydrogen-bond acceptors (Lipinski definition) is 3. The Bertz CT molecular complexity index is 591. The number of carbonyl (C=O) groups is 2. The van der Waals surface area contributed by atoms with Crippen molar-refractivity contribution in [3.63, 3.8) is 0 Å². The van der Waals surface area contributed by atoms with E-state index in [-0.39, 0.29) is 17.9 Å². The van der Waals surface area contributed by atoms with Crippen LogP contribution in [0.2, 0.25) is 0 Å². The van der Waals surface area contributed by atoms with E-state index in [2.05, 4.69) is 0 Å². The van der Waals surface area contributed by atoms with Crippen LogP contribution >= 0.6 is 12.2 Å². The Hall–Kier alpha value is -1.75. The molecule has 2 fully saturated rings. The van der Waals surface area contributed by atoms with Gasteiger partial charge in [0.1, 0.15) is 6.04 Å². The minimum absolute atomic E-state index is 0.0461. The highest BCUT2D eigenvalue weighted by atomic mass is 32.1. The maximum Gasteiger partial charge on any atom is 0.256 e. The minimum atomic E-state index is -0.388. The summed E-state index contributed by atoms with van der Waals surface area (Å²) in [4.78, 5) is 27.2. The molecule has 5 heteroatoms. The Morgan fingerprint density at radius 3 is 2.37 bits per heavy atom. The van der Waals surface area contributed by atoms with Crippen molar-refractivity contribution in [1.29, 1.82) is 0 Å². The van der Waals surface area contributed by atoms with Crippen molar-refractivity contribution < 1.29 is 9.59 Å². The van der Waals surface area contributed by atoms with E-state index in [1.807, 2.05) is 32.0 Å². The van der Waals surface area contributed by atoms with Gasteiger partial charge < -0.3 is 0 Å². The molecule has 98 valence electrons. The molecule has 2 heterocycles. The van der Waals surface area contributed by atoms with Gasteiger partial charge in [-0.3, -0.25) is 19.4 Å². The number of carbonyl (C=O) groups excluding carboxylic acids is 2. The first-order valence-electron chi connectivity index (χ1n) is 6.27. The second-order valence-electron chi connectivity index (χ2n) is 5.12. The van der Waals surface area contributed by atoms with Crippen LogP contribution < -0.4 is 4.90 Å². The molecule has 4 nitrogen and oxygen atoms in total. The van der Waals surface area contributed by atoms with Gasteiger partial charge in [0.15, 0.2) is 5.11 Å². The standard InChI is InChI=1S/C14H14N2O2S/c1-8-5-9(2)7-10(6-8)15-13(18)11-3-4-12(17)16(11)14(15)19/h5-7,11H,3-4H2,1-2H3/t11-/m0/s1. The lowest BCUT2D eigenvalue weighted by Crippen LogP contribution is -2.35. The summed E-state index contributed by atoms with van der Waals surface area (Å²) < 4.78 is 0. The number of benzene rings is 1. The van der Waals surface area contributed by atoms with E-state index in [0.29, 0.717) is 18.0 Å². The van der Waals surface area contributed by atoms with Gasteiger partial charge in [0, 0.05) is 6.42 Å². The highest BCUT2D eigenvalue weighted by Gasteiger charge is 2.49. The van der Waals surface area contributed by atoms with E-state index < -0.39 is 0 Å². The Balaban J connectivity index is 2.04. The fraction of sp³-hybridized carbons (Fsp3) is 0.357. The molecule has 2 amide bonds. The summed E-state index contributed by atoms with van der Waals surface area (Å²) in [6, 6.07) is 5.49. The molecule has 2 aliphatic rings. The molecule has 1 atom stereocenters. The number of aryl methyl sites for hydroxylation is 2. The van der Waals surface area contributed by atoms with Crippen LogP contribution in [0.25, 0.3) is 0 Å². The highest BCUT2D eigenvalue weighted by Crippen LogP contribution is 2.33. The molecule has 0 bridgehead atoms. The Kier molecular flexibility index (Phi) is 2.67. The summed E-state index contributed by atoms with van der Waals surface area (Å²) in [6.07, 6.45) is 0.982. The van der Waals surface area contributed by atoms with Crippen molar-refractivity contribution in [1.82, 2.24) is 4.90 Å². The van der Waals surface area contributed by atoms with E-state index in [9.17, 15) is 9.59 Å². The van der Waals surface area contributed by atoms with Crippen LogP contribution in [-0.2, 0) is 9.59 Å². The number of hydrogen-bond donors (Lipinski definition) is 0. The lowest BCUT2D eigenvalue weighted by Gasteiger charge is -2.18. The molecule has 0 unspecified atom stereocenters. The van der Waals surface area contributed by atoms with Crippen molar-refractivity contribution in [3.05, 3.63) is 29.3 Å². The van der Waals surface area contributed by atoms with E-state index in [4.69, 9.17) is 12.2 Å². The quantitative estimate of drug-likeness (QED) is 0.735. The van der Waals surface area contributed by atoms with Gasteiger partial charge in [-0.2, -0.15) is 0 Å². The van der Waals surface area contributed by atoms with Crippen LogP contribution in [0.3, 0.4) is 0 Å². The molecule has 2 saturated heterocycles. The summed E-state index contributed by atoms with van der Waals surface area (Å²) in [5.41, 5.74) is 2.91. The van der Waals surface area contributed by atoms with Gasteiger partial charge in [0.25, 0.3) is 5.91 Å². The third-order valence-electron chi connectivity index (χ3n) is 3.58. The average molecular weight is 274 g/mol. The minimum Gasteiger partial charge on any atom is -0.276 e. The number of thiocarbonyl (C=S) groups is 1. The number of anilines is 1. The lowest BCUT2D eigenvalue weighted by molar-refractivity contribution is -0.127. The summed E-state index contributed by atoms with van der Waals surface area (Å²) >= 11 is 5.31. The monoisotopic (exact) mass is 274 g/mol. The van der Waals surface area contributed by atoms with Crippen molar-refractivity contribution >= 4 is 34.8 Å². The third kappa shape index (κ3) is 1.76. The maximum atomic E-state index is 12.4. The normalized spacial score (nSPS) is 22.4. The van der Waals surface area contributed by atoms with Gasteiger partial charge in [0.05, 0.1) is 5.69 Å². The van der Waals surface area contributed by atoms with Crippen LogP contribution in [0.1, 0.15) is 24.0 Å². The summed E-state index contributed by atoms with van der Waals surface area (Å²) in [6.45, 7) is 3.96. The highest BCUT2D eigenvalue weighted by molar-refractivity contribution is 7.80. The molecule has 0 aromatic heterocycles. The maximum absolute atomic E-state index is 12.4. The van der Waals surface area contributed by atoms with Crippen LogP contribution in [0, 0.1) is 13.8 Å². The average Bonchev–Trinajstić information content (AvgIpc) is 2.80.